The number of halogens is 1. The lowest BCUT2D eigenvalue weighted by molar-refractivity contribution is -0.195. The van der Waals surface area contributed by atoms with Crippen molar-refractivity contribution < 1.29 is 27.2 Å². The Kier molecular flexibility index (Phi) is 4.19. The second-order valence-electron chi connectivity index (χ2n) is 6.42. The molecule has 13 heteroatoms. The van der Waals surface area contributed by atoms with Crippen molar-refractivity contribution >= 4 is 33.1 Å². The molecule has 0 saturated carbocycles. The molecule has 4 rings (SSSR count). The van der Waals surface area contributed by atoms with Gasteiger partial charge in [0.05, 0.1) is 6.33 Å². The molecule has 2 aromatic heterocycles. The van der Waals surface area contributed by atoms with Crippen molar-refractivity contribution in [2.75, 3.05) is 6.54 Å². The topological polar surface area (TPSA) is 141 Å². The fourth-order valence-corrected chi connectivity index (χ4v) is 3.79. The molecule has 2 aliphatic rings. The Balaban J connectivity index is 1.68. The van der Waals surface area contributed by atoms with Crippen molar-refractivity contribution in [2.45, 2.75) is 44.2 Å². The largest absolute Gasteiger partial charge is 0.735 e. The first-order chi connectivity index (χ1) is 12.1. The van der Waals surface area contributed by atoms with Gasteiger partial charge < -0.3 is 18.8 Å². The molecule has 0 bridgehead atoms. The fraction of sp³-hybridized carbons (Fsp3) is 0.615. The molecular weight excluding hydrogens is 390 g/mol. The molecule has 1 N–H and O–H groups in total. The highest BCUT2D eigenvalue weighted by molar-refractivity contribution is 7.83. The number of rotatable bonds is 4. The number of nitrogens with one attached hydrogen (secondary N) is 1. The third-order valence-corrected chi connectivity index (χ3v) is 4.97. The van der Waals surface area contributed by atoms with Crippen molar-refractivity contribution in [3.8, 4) is 0 Å². The number of nitrogens with zero attached hydrogens (tertiary/aromatic N) is 4. The maximum absolute atomic E-state index is 10.9. The maximum atomic E-state index is 10.9. The van der Waals surface area contributed by atoms with Gasteiger partial charge >= 0.3 is 0 Å². The minimum absolute atomic E-state index is 0.197. The average molecular weight is 405 g/mol. The van der Waals surface area contributed by atoms with E-state index in [4.69, 9.17) is 25.8 Å². The molecule has 0 amide bonds. The minimum Gasteiger partial charge on any atom is -0.735 e. The minimum atomic E-state index is -4.61. The summed E-state index contributed by atoms with van der Waals surface area (Å²) in [6.45, 7) is 3.23. The van der Waals surface area contributed by atoms with Crippen molar-refractivity contribution in [1.82, 2.24) is 24.2 Å². The smallest absolute Gasteiger partial charge is 0.167 e. The highest BCUT2D eigenvalue weighted by atomic mass is 35.5. The summed E-state index contributed by atoms with van der Waals surface area (Å²) in [6.07, 6.45) is 0.219. The standard InChI is InChI=1S/C13H16ClN5O6S/c1-13(2)24-8-6(3-18-26(20,21)22)23-12(9(8)25-13)19-5-17-7-10(14)15-4-16-11(7)19/h4-6,8-9,12,18H,3H2,1-2H3,(H,20,21,22)/p-1/t6-,8-,9-,12-/m1/s1. The molecule has 0 aliphatic carbocycles. The van der Waals surface area contributed by atoms with Gasteiger partial charge in [0.15, 0.2) is 33.1 Å². The Morgan fingerprint density at radius 1 is 1.31 bits per heavy atom. The Labute approximate surface area is 153 Å². The lowest BCUT2D eigenvalue weighted by Gasteiger charge is -2.25. The first-order valence-corrected chi connectivity index (χ1v) is 9.48. The normalized spacial score (nSPS) is 30.8. The van der Waals surface area contributed by atoms with Crippen LogP contribution in [0.5, 0.6) is 0 Å². The second kappa shape index (κ2) is 6.05. The van der Waals surface area contributed by atoms with E-state index in [2.05, 4.69) is 15.0 Å². The van der Waals surface area contributed by atoms with Gasteiger partial charge in [0.1, 0.15) is 30.2 Å². The van der Waals surface area contributed by atoms with Crippen LogP contribution in [0.25, 0.3) is 11.2 Å². The van der Waals surface area contributed by atoms with Crippen molar-refractivity contribution in [3.63, 3.8) is 0 Å². The second-order valence-corrected chi connectivity index (χ2v) is 7.98. The zero-order valence-corrected chi connectivity index (χ0v) is 15.3. The van der Waals surface area contributed by atoms with Gasteiger partial charge in [0.2, 0.25) is 0 Å². The van der Waals surface area contributed by atoms with Gasteiger partial charge in [0.25, 0.3) is 0 Å². The van der Waals surface area contributed by atoms with E-state index in [1.165, 1.54) is 12.7 Å². The van der Waals surface area contributed by atoms with Crippen LogP contribution in [0.3, 0.4) is 0 Å². The molecule has 2 saturated heterocycles. The van der Waals surface area contributed by atoms with E-state index in [0.717, 1.165) is 0 Å². The van der Waals surface area contributed by atoms with Crippen LogP contribution in [0.2, 0.25) is 5.15 Å². The SMILES string of the molecule is CC1(C)O[C@@H]2[C@H](O1)[C@@H](CNS(=O)(=O)[O-])O[C@H]2n1cnc2c(Cl)ncnc21. The summed E-state index contributed by atoms with van der Waals surface area (Å²) < 4.78 is 53.9. The highest BCUT2D eigenvalue weighted by Crippen LogP contribution is 2.43. The van der Waals surface area contributed by atoms with Gasteiger partial charge in [-0.2, -0.15) is 0 Å². The van der Waals surface area contributed by atoms with Crippen molar-refractivity contribution in [2.24, 2.45) is 0 Å². The van der Waals surface area contributed by atoms with Gasteiger partial charge in [-0.1, -0.05) is 11.6 Å². The third kappa shape index (κ3) is 3.17. The monoisotopic (exact) mass is 404 g/mol. The van der Waals surface area contributed by atoms with Gasteiger partial charge in [-0.15, -0.1) is 0 Å². The Morgan fingerprint density at radius 3 is 2.77 bits per heavy atom. The first kappa shape index (κ1) is 18.0. The van der Waals surface area contributed by atoms with Crippen molar-refractivity contribution in [3.05, 3.63) is 17.8 Å². The van der Waals surface area contributed by atoms with Crippen LogP contribution in [0.1, 0.15) is 20.1 Å². The molecule has 0 unspecified atom stereocenters. The molecule has 0 radical (unpaired) electrons. The predicted molar refractivity (Wildman–Crippen MR) is 85.8 cm³/mol. The van der Waals surface area contributed by atoms with E-state index in [9.17, 15) is 13.0 Å². The van der Waals surface area contributed by atoms with Crippen LogP contribution in [-0.2, 0) is 24.5 Å². The fourth-order valence-electron chi connectivity index (χ4n) is 3.24. The number of imidazole rings is 1. The molecule has 142 valence electrons. The van der Waals surface area contributed by atoms with Crippen LogP contribution in [0, 0.1) is 0 Å². The lowest BCUT2D eigenvalue weighted by Crippen LogP contribution is -2.39. The Bertz CT molecular complexity index is 950. The summed E-state index contributed by atoms with van der Waals surface area (Å²) in [5.74, 6) is -0.894. The summed E-state index contributed by atoms with van der Waals surface area (Å²) in [7, 11) is -4.61. The lowest BCUT2D eigenvalue weighted by atomic mass is 10.1. The molecule has 2 aliphatic heterocycles. The van der Waals surface area contributed by atoms with Crippen molar-refractivity contribution in [1.29, 1.82) is 0 Å². The number of aromatic nitrogens is 4. The van der Waals surface area contributed by atoms with Gasteiger partial charge in [-0.25, -0.2) is 28.1 Å². The first-order valence-electron chi connectivity index (χ1n) is 7.69. The summed E-state index contributed by atoms with van der Waals surface area (Å²) in [5.41, 5.74) is 0.836. The summed E-state index contributed by atoms with van der Waals surface area (Å²) >= 11 is 6.03. The number of fused-ring (bicyclic) bond motifs is 2. The zero-order valence-electron chi connectivity index (χ0n) is 13.7. The van der Waals surface area contributed by atoms with Crippen LogP contribution in [0.15, 0.2) is 12.7 Å². The van der Waals surface area contributed by atoms with Crippen LogP contribution < -0.4 is 4.72 Å². The van der Waals surface area contributed by atoms with E-state index in [1.807, 2.05) is 4.72 Å². The van der Waals surface area contributed by atoms with Crippen LogP contribution in [0.4, 0.5) is 0 Å². The molecule has 11 nitrogen and oxygen atoms in total. The van der Waals surface area contributed by atoms with E-state index < -0.39 is 40.6 Å². The summed E-state index contributed by atoms with van der Waals surface area (Å²) in [6, 6.07) is 0. The maximum Gasteiger partial charge on any atom is 0.167 e. The number of hydrogen-bond acceptors (Lipinski definition) is 9. The molecule has 0 spiro atoms. The van der Waals surface area contributed by atoms with E-state index in [1.54, 1.807) is 18.4 Å². The Hall–Kier alpha value is -1.41. The molecule has 26 heavy (non-hydrogen) atoms. The van der Waals surface area contributed by atoms with Crippen LogP contribution >= 0.6 is 11.6 Å². The van der Waals surface area contributed by atoms with Crippen LogP contribution in [-0.4, -0.2) is 63.1 Å². The number of hydrogen-bond donors (Lipinski definition) is 1. The van der Waals surface area contributed by atoms with Gasteiger partial charge in [-0.05, 0) is 13.8 Å². The molecule has 0 aromatic carbocycles. The molecule has 4 atom stereocenters. The van der Waals surface area contributed by atoms with Gasteiger partial charge in [0, 0.05) is 6.54 Å². The van der Waals surface area contributed by atoms with Gasteiger partial charge in [-0.3, -0.25) is 4.57 Å². The average Bonchev–Trinajstić information content (AvgIpc) is 3.16. The number of ether oxygens (including phenoxy) is 3. The molecule has 2 fully saturated rings. The summed E-state index contributed by atoms with van der Waals surface area (Å²) in [5, 5.41) is 0.197. The van der Waals surface area contributed by atoms with E-state index >= 15 is 0 Å². The van der Waals surface area contributed by atoms with E-state index in [0.29, 0.717) is 11.2 Å². The highest BCUT2D eigenvalue weighted by Gasteiger charge is 2.56. The zero-order chi connectivity index (χ0) is 18.7. The quantitative estimate of drug-likeness (QED) is 0.548. The molecule has 2 aromatic rings. The predicted octanol–water partition coefficient (Wildman–Crippen LogP) is -0.0530. The molecular formula is C13H15ClN5O6S-. The van der Waals surface area contributed by atoms with E-state index in [-0.39, 0.29) is 11.7 Å². The Morgan fingerprint density at radius 2 is 2.04 bits per heavy atom. The molecule has 4 heterocycles. The summed E-state index contributed by atoms with van der Waals surface area (Å²) in [4.78, 5) is 12.2. The third-order valence-electron chi connectivity index (χ3n) is 4.17.